The van der Waals surface area contributed by atoms with Gasteiger partial charge in [0.15, 0.2) is 11.6 Å². The van der Waals surface area contributed by atoms with Gasteiger partial charge in [-0.3, -0.25) is 87.4 Å². The summed E-state index contributed by atoms with van der Waals surface area (Å²) in [4.78, 5) is 166. The van der Waals surface area contributed by atoms with Crippen molar-refractivity contribution in [1.29, 1.82) is 0 Å². The molecule has 0 fully saturated rings. The molecule has 8 aromatic heterocycles. The molecule has 0 saturated carbocycles. The van der Waals surface area contributed by atoms with E-state index in [0.717, 1.165) is 11.3 Å². The van der Waals surface area contributed by atoms with Crippen LogP contribution in [0.1, 0.15) is 314 Å². The van der Waals surface area contributed by atoms with E-state index >= 15 is 0 Å². The first-order valence-electron chi connectivity index (χ1n) is 43.4. The number of carbonyl (C=O) groups is 12. The fraction of sp³-hybridized carbons (Fsp3) is 0.480. The van der Waals surface area contributed by atoms with Gasteiger partial charge in [0.05, 0.1) is 23.8 Å². The molecule has 4 amide bonds. The average molecular weight is 1720 g/mol. The van der Waals surface area contributed by atoms with Crippen LogP contribution < -0.4 is 21.3 Å². The minimum atomic E-state index is -0.612. The summed E-state index contributed by atoms with van der Waals surface area (Å²) < 4.78 is 0. The van der Waals surface area contributed by atoms with Crippen LogP contribution in [-0.4, -0.2) is 110 Å². The third-order valence-electron chi connectivity index (χ3n) is 12.5. The first-order valence-corrected chi connectivity index (χ1v) is 43.4. The second-order valence-electron chi connectivity index (χ2n) is 29.5. The highest BCUT2D eigenvalue weighted by atomic mass is 16.2. The Hall–Kier alpha value is -11.6. The van der Waals surface area contributed by atoms with Crippen LogP contribution in [0.4, 0.5) is 23.0 Å². The summed E-state index contributed by atoms with van der Waals surface area (Å²) in [6.07, 6.45) is 32.1. The highest BCUT2D eigenvalue weighted by molar-refractivity contribution is 6.45. The number of rotatable bonds is 20. The molecular formula is C100H156N12O12. The predicted octanol–water partition coefficient (Wildman–Crippen LogP) is 24.0. The summed E-state index contributed by atoms with van der Waals surface area (Å²) in [5.41, 5.74) is 3.50. The van der Waals surface area contributed by atoms with Crippen LogP contribution in [0.15, 0.2) is 196 Å². The van der Waals surface area contributed by atoms with Gasteiger partial charge in [0.1, 0.15) is 11.6 Å². The van der Waals surface area contributed by atoms with Crippen LogP contribution >= 0.6 is 0 Å². The van der Waals surface area contributed by atoms with E-state index in [1.165, 1.54) is 76.2 Å². The van der Waals surface area contributed by atoms with Crippen LogP contribution in [0.5, 0.6) is 0 Å². The van der Waals surface area contributed by atoms with E-state index in [1.807, 2.05) is 73.6 Å². The van der Waals surface area contributed by atoms with Crippen molar-refractivity contribution in [2.45, 2.75) is 273 Å². The van der Waals surface area contributed by atoms with Gasteiger partial charge in [0.25, 0.3) is 11.8 Å². The Morgan fingerprint density at radius 3 is 0.790 bits per heavy atom. The zero-order chi connectivity index (χ0) is 96.9. The normalized spacial score (nSPS) is 9.23. The van der Waals surface area contributed by atoms with Crippen LogP contribution in [0.2, 0.25) is 0 Å². The number of Topliss-reactive ketones (excluding diaryl/α,β-unsaturated/α-hetero) is 8. The Balaban J connectivity index is -0.000000199. The fourth-order valence-corrected chi connectivity index (χ4v) is 6.70. The maximum absolute atomic E-state index is 11.4. The monoisotopic (exact) mass is 1720 g/mol. The van der Waals surface area contributed by atoms with E-state index in [4.69, 9.17) is 0 Å². The summed E-state index contributed by atoms with van der Waals surface area (Å²) in [5.74, 6) is -3.30. The van der Waals surface area contributed by atoms with Crippen molar-refractivity contribution in [3.05, 3.63) is 218 Å². The number of pyridine rings is 8. The maximum atomic E-state index is 11.4. The predicted molar refractivity (Wildman–Crippen MR) is 512 cm³/mol. The number of ketones is 8. The molecule has 8 heterocycles. The first-order chi connectivity index (χ1) is 58.6. The summed E-state index contributed by atoms with van der Waals surface area (Å²) in [7, 11) is 0. The molecule has 8 aromatic rings. The molecule has 0 aliphatic heterocycles. The van der Waals surface area contributed by atoms with Gasteiger partial charge in [-0.1, -0.05) is 285 Å². The van der Waals surface area contributed by atoms with Crippen molar-refractivity contribution in [2.24, 2.45) is 47.3 Å². The number of nitrogens with zero attached hydrogens (tertiary/aromatic N) is 8. The molecule has 0 saturated heterocycles. The second kappa shape index (κ2) is 87.8. The van der Waals surface area contributed by atoms with Crippen molar-refractivity contribution in [3.63, 3.8) is 0 Å². The number of anilines is 4. The molecule has 4 N–H and O–H groups in total. The molecular weight excluding hydrogens is 1560 g/mol. The van der Waals surface area contributed by atoms with E-state index < -0.39 is 34.9 Å². The van der Waals surface area contributed by atoms with E-state index in [9.17, 15) is 57.5 Å². The lowest BCUT2D eigenvalue weighted by molar-refractivity contribution is -0.136. The number of hydrogen-bond donors (Lipinski definition) is 4. The summed E-state index contributed by atoms with van der Waals surface area (Å²) in [6.45, 7) is 62.5. The van der Waals surface area contributed by atoms with Gasteiger partial charge in [0, 0.05) is 144 Å². The fourth-order valence-electron chi connectivity index (χ4n) is 6.70. The Labute approximate surface area is 746 Å². The van der Waals surface area contributed by atoms with Crippen molar-refractivity contribution in [2.75, 3.05) is 21.3 Å². The van der Waals surface area contributed by atoms with Gasteiger partial charge < -0.3 is 21.3 Å². The van der Waals surface area contributed by atoms with Crippen LogP contribution in [-0.2, 0) is 38.4 Å². The SMILES string of the molecule is CC(C)C(=O)C(=O)Nc1ccccn1.CC(C)C(=O)C(=O)Nc1cccnc1.CC(C)C(=O)C(=O)c1cccnc1.CC(C)C(=O)C(=O)c1ccncc1.CC(C)C(=O)Nc1ccccn1.CC(C)C(=O)Nc1cccnc1.CC(C)C(=O)c1cccnc1.CC(C)C(=O)c1ccncc1.CCC.CCC.CCC.CCC.CCC.CCC.CCC.CCC. The van der Waals surface area contributed by atoms with Gasteiger partial charge in [-0.05, 0) is 97.1 Å². The Morgan fingerprint density at radius 1 is 0.234 bits per heavy atom. The standard InChI is InChI=1S/2C10H12N2O2.2C10H11NO2.2C9H12N2O.2C9H11NO.8C3H8/c1-7(2)9(13)10(14)12-8-4-3-5-11-6-8;1-7(2)9(13)10(14)12-8-5-3-4-6-11-8;1-7(2)9(12)10(13)8-3-5-11-6-4-8;1-7(2)9(12)10(13)8-4-3-5-11-6-8;1-7(2)9(12)11-8-4-3-5-10-6-8;1-7(2)9(12)11-8-5-3-4-6-10-8;1-7(2)9(11)8-3-5-10-6-4-8;1-7(2)9(11)8-4-3-5-10-6-8;8*1-3-2/h3-7H,1-2H3,(H,12,14);3-7H,1-2H3,(H,11,12,14);2*3-7H,1-2H3;3-7H,1-2H3,(H,11,12);3-7H,1-2H3,(H,10,11,12);2*3-7H,1-2H3;8*3H2,1-2H3. The molecule has 0 spiro atoms. The minimum Gasteiger partial charge on any atom is -0.325 e. The summed E-state index contributed by atoms with van der Waals surface area (Å²) in [5, 5.41) is 10.3. The smallest absolute Gasteiger partial charge is 0.293 e. The topological polar surface area (TPSA) is 356 Å². The molecule has 24 nitrogen and oxygen atoms in total. The molecule has 0 aliphatic rings. The Bertz CT molecular complexity index is 3680. The molecule has 8 rings (SSSR count). The highest BCUT2D eigenvalue weighted by Gasteiger charge is 2.22. The van der Waals surface area contributed by atoms with E-state index in [0.29, 0.717) is 34.0 Å². The summed E-state index contributed by atoms with van der Waals surface area (Å²) >= 11 is 0. The van der Waals surface area contributed by atoms with Gasteiger partial charge >= 0.3 is 0 Å². The van der Waals surface area contributed by atoms with Crippen molar-refractivity contribution in [3.8, 4) is 0 Å². The Morgan fingerprint density at radius 2 is 0.508 bits per heavy atom. The third kappa shape index (κ3) is 75.4. The van der Waals surface area contributed by atoms with E-state index in [1.54, 1.807) is 208 Å². The lowest BCUT2D eigenvalue weighted by atomic mass is 10.0. The molecule has 0 unspecified atom stereocenters. The molecule has 0 bridgehead atoms. The molecule has 688 valence electrons. The quantitative estimate of drug-likeness (QED) is 0.0407. The molecule has 124 heavy (non-hydrogen) atoms. The van der Waals surface area contributed by atoms with E-state index in [-0.39, 0.29) is 82.3 Å². The lowest BCUT2D eigenvalue weighted by Gasteiger charge is -2.05. The largest absolute Gasteiger partial charge is 0.325 e. The molecule has 0 atom stereocenters. The van der Waals surface area contributed by atoms with Crippen LogP contribution in [0, 0.1) is 47.3 Å². The van der Waals surface area contributed by atoms with Crippen LogP contribution in [0.3, 0.4) is 0 Å². The van der Waals surface area contributed by atoms with Gasteiger partial charge in [-0.2, -0.15) is 0 Å². The second-order valence-corrected chi connectivity index (χ2v) is 29.5. The number of carbonyl (C=O) groups excluding carboxylic acids is 12. The summed E-state index contributed by atoms with van der Waals surface area (Å²) in [6, 6.07) is 30.8. The maximum Gasteiger partial charge on any atom is 0.293 e. The number of amides is 4. The highest BCUT2D eigenvalue weighted by Crippen LogP contribution is 2.12. The zero-order valence-corrected chi connectivity index (χ0v) is 81.2. The average Bonchev–Trinajstić information content (AvgIpc) is 0.861. The van der Waals surface area contributed by atoms with Crippen molar-refractivity contribution >= 4 is 92.9 Å². The Kier molecular flexibility index (Phi) is 90.6. The van der Waals surface area contributed by atoms with E-state index in [2.05, 4.69) is 172 Å². The first kappa shape index (κ1) is 128. The van der Waals surface area contributed by atoms with Crippen molar-refractivity contribution in [1.82, 2.24) is 39.9 Å². The molecule has 0 aromatic carbocycles. The molecule has 24 heteroatoms. The van der Waals surface area contributed by atoms with Gasteiger partial charge in [-0.25, -0.2) is 9.97 Å². The van der Waals surface area contributed by atoms with Crippen molar-refractivity contribution < 1.29 is 57.5 Å². The van der Waals surface area contributed by atoms with Gasteiger partial charge in [-0.15, -0.1) is 0 Å². The number of nitrogens with one attached hydrogen (secondary N) is 4. The number of hydrogen-bond acceptors (Lipinski definition) is 20. The molecule has 0 aliphatic carbocycles. The van der Waals surface area contributed by atoms with Gasteiger partial charge in [0.2, 0.25) is 46.5 Å². The molecule has 0 radical (unpaired) electrons. The number of aromatic nitrogens is 8. The van der Waals surface area contributed by atoms with Crippen LogP contribution in [0.25, 0.3) is 0 Å². The minimum absolute atomic E-state index is 0.00482. The zero-order valence-electron chi connectivity index (χ0n) is 81.2. The lowest BCUT2D eigenvalue weighted by Crippen LogP contribution is -2.27. The third-order valence-corrected chi connectivity index (χ3v) is 12.5.